The van der Waals surface area contributed by atoms with E-state index in [1.165, 1.54) is 12.1 Å². The monoisotopic (exact) mass is 487 g/mol. The molecule has 5 rings (SSSR count). The average molecular weight is 488 g/mol. The van der Waals surface area contributed by atoms with Crippen molar-refractivity contribution in [3.8, 4) is 11.3 Å². The Morgan fingerprint density at radius 3 is 2.46 bits per heavy atom. The molecule has 0 aliphatic carbocycles. The van der Waals surface area contributed by atoms with Crippen LogP contribution in [0, 0.1) is 0 Å². The summed E-state index contributed by atoms with van der Waals surface area (Å²) < 4.78 is 33.3. The molecule has 1 aliphatic heterocycles. The molecule has 7 nitrogen and oxygen atoms in total. The number of para-hydroxylation sites is 1. The number of carbonyl (C=O) groups excluding carboxylic acids is 1. The number of ether oxygens (including phenoxy) is 1. The van der Waals surface area contributed by atoms with Crippen molar-refractivity contribution in [3.63, 3.8) is 0 Å². The number of hydrogen-bond acceptors (Lipinski definition) is 5. The predicted molar refractivity (Wildman–Crippen MR) is 136 cm³/mol. The Labute approximate surface area is 204 Å². The lowest BCUT2D eigenvalue weighted by atomic mass is 10.0. The third kappa shape index (κ3) is 5.24. The van der Waals surface area contributed by atoms with Crippen LogP contribution in [0.3, 0.4) is 0 Å². The van der Waals surface area contributed by atoms with Crippen LogP contribution < -0.4 is 10.0 Å². The summed E-state index contributed by atoms with van der Waals surface area (Å²) in [6, 6.07) is 25.1. The van der Waals surface area contributed by atoms with Crippen LogP contribution in [0.2, 0.25) is 0 Å². The molecule has 0 spiro atoms. The maximum atomic E-state index is 13.3. The molecule has 1 saturated heterocycles. The van der Waals surface area contributed by atoms with E-state index in [0.717, 1.165) is 29.3 Å². The van der Waals surface area contributed by atoms with Gasteiger partial charge in [0.05, 0.1) is 27.8 Å². The molecule has 0 unspecified atom stereocenters. The summed E-state index contributed by atoms with van der Waals surface area (Å²) in [5.74, 6) is -0.298. The van der Waals surface area contributed by atoms with Crippen LogP contribution in [0.4, 0.5) is 5.69 Å². The molecule has 1 fully saturated rings. The second-order valence-corrected chi connectivity index (χ2v) is 10.2. The molecule has 0 radical (unpaired) electrons. The van der Waals surface area contributed by atoms with Gasteiger partial charge in [0.25, 0.3) is 5.91 Å². The smallest absolute Gasteiger partial charge is 0.256 e. The van der Waals surface area contributed by atoms with Gasteiger partial charge in [0.1, 0.15) is 0 Å². The number of anilines is 1. The summed E-state index contributed by atoms with van der Waals surface area (Å²) in [6.07, 6.45) is 1.71. The quantitative estimate of drug-likeness (QED) is 0.397. The summed E-state index contributed by atoms with van der Waals surface area (Å²) in [7, 11) is -3.66. The number of carbonyl (C=O) groups is 1. The number of aromatic nitrogens is 1. The molecule has 2 heterocycles. The van der Waals surface area contributed by atoms with E-state index in [-0.39, 0.29) is 23.5 Å². The average Bonchev–Trinajstić information content (AvgIpc) is 3.42. The first-order chi connectivity index (χ1) is 17.0. The molecule has 1 aliphatic rings. The van der Waals surface area contributed by atoms with Gasteiger partial charge >= 0.3 is 0 Å². The zero-order valence-electron chi connectivity index (χ0n) is 19.0. The summed E-state index contributed by atoms with van der Waals surface area (Å²) in [5.41, 5.74) is 3.32. The number of pyridine rings is 1. The number of sulfonamides is 1. The lowest BCUT2D eigenvalue weighted by Gasteiger charge is -2.13. The predicted octanol–water partition coefficient (Wildman–Crippen LogP) is 4.61. The van der Waals surface area contributed by atoms with Gasteiger partial charge < -0.3 is 10.1 Å². The lowest BCUT2D eigenvalue weighted by molar-refractivity contribution is 0.102. The zero-order valence-corrected chi connectivity index (χ0v) is 19.8. The number of benzene rings is 3. The van der Waals surface area contributed by atoms with E-state index in [1.54, 1.807) is 18.2 Å². The van der Waals surface area contributed by atoms with E-state index in [9.17, 15) is 13.2 Å². The molecular weight excluding hydrogens is 462 g/mol. The van der Waals surface area contributed by atoms with Gasteiger partial charge in [-0.2, -0.15) is 0 Å². The molecule has 1 aromatic heterocycles. The summed E-state index contributed by atoms with van der Waals surface area (Å²) in [5, 5.41) is 3.62. The van der Waals surface area contributed by atoms with Gasteiger partial charge in [0, 0.05) is 29.8 Å². The Kier molecular flexibility index (Phi) is 6.59. The molecule has 3 aromatic carbocycles. The van der Waals surface area contributed by atoms with Crippen molar-refractivity contribution in [2.75, 3.05) is 18.5 Å². The number of hydrogen-bond donors (Lipinski definition) is 2. The molecule has 2 N–H and O–H groups in total. The van der Waals surface area contributed by atoms with Crippen molar-refractivity contribution in [2.24, 2.45) is 0 Å². The van der Waals surface area contributed by atoms with Crippen molar-refractivity contribution in [1.29, 1.82) is 0 Å². The van der Waals surface area contributed by atoms with Crippen LogP contribution >= 0.6 is 0 Å². The van der Waals surface area contributed by atoms with Gasteiger partial charge in [-0.15, -0.1) is 0 Å². The maximum Gasteiger partial charge on any atom is 0.256 e. The fraction of sp³-hybridized carbons (Fsp3) is 0.185. The molecule has 1 amide bonds. The van der Waals surface area contributed by atoms with Crippen molar-refractivity contribution >= 4 is 32.5 Å². The molecule has 178 valence electrons. The van der Waals surface area contributed by atoms with Crippen LogP contribution in [0.25, 0.3) is 22.2 Å². The minimum Gasteiger partial charge on any atom is -0.377 e. The molecule has 0 saturated carbocycles. The number of rotatable bonds is 7. The second kappa shape index (κ2) is 9.95. The van der Waals surface area contributed by atoms with Gasteiger partial charge in [0.15, 0.2) is 0 Å². The van der Waals surface area contributed by atoms with E-state index in [1.807, 2.05) is 54.6 Å². The lowest BCUT2D eigenvalue weighted by Crippen LogP contribution is -2.31. The van der Waals surface area contributed by atoms with Crippen LogP contribution in [0.5, 0.6) is 0 Å². The molecule has 1 atom stereocenters. The van der Waals surface area contributed by atoms with E-state index in [4.69, 9.17) is 9.72 Å². The Morgan fingerprint density at radius 1 is 0.971 bits per heavy atom. The topological polar surface area (TPSA) is 97.4 Å². The van der Waals surface area contributed by atoms with Gasteiger partial charge in [-0.1, -0.05) is 48.5 Å². The Balaban J connectivity index is 1.36. The van der Waals surface area contributed by atoms with Gasteiger partial charge in [-0.3, -0.25) is 4.79 Å². The first-order valence-corrected chi connectivity index (χ1v) is 13.0. The van der Waals surface area contributed by atoms with Crippen molar-refractivity contribution in [2.45, 2.75) is 23.8 Å². The van der Waals surface area contributed by atoms with Gasteiger partial charge in [0.2, 0.25) is 10.0 Å². The standard InChI is InChI=1S/C27H25N3O4S/c31-27(24-17-26(19-7-2-1-3-8-19)30-25-11-5-4-10-23(24)25)29-20-12-14-22(15-13-20)35(32,33)28-18-21-9-6-16-34-21/h1-5,7-8,10-15,17,21,28H,6,9,16,18H2,(H,29,31)/t21-/m1/s1. The highest BCUT2D eigenvalue weighted by Gasteiger charge is 2.20. The fourth-order valence-corrected chi connectivity index (χ4v) is 5.19. The van der Waals surface area contributed by atoms with Crippen LogP contribution in [-0.2, 0) is 14.8 Å². The molecular formula is C27H25N3O4S. The van der Waals surface area contributed by atoms with E-state index < -0.39 is 10.0 Å². The SMILES string of the molecule is O=C(Nc1ccc(S(=O)(=O)NC[C@H]2CCCO2)cc1)c1cc(-c2ccccc2)nc2ccccc12. The Bertz CT molecular complexity index is 1450. The van der Waals surface area contributed by atoms with Crippen LogP contribution in [0.15, 0.2) is 89.8 Å². The summed E-state index contributed by atoms with van der Waals surface area (Å²) in [6.45, 7) is 0.917. The first kappa shape index (κ1) is 23.2. The van der Waals surface area contributed by atoms with Crippen molar-refractivity contribution < 1.29 is 17.9 Å². The van der Waals surface area contributed by atoms with E-state index >= 15 is 0 Å². The highest BCUT2D eigenvalue weighted by atomic mass is 32.2. The van der Waals surface area contributed by atoms with E-state index in [0.29, 0.717) is 23.6 Å². The molecule has 8 heteroatoms. The number of fused-ring (bicyclic) bond motifs is 1. The fourth-order valence-electron chi connectivity index (χ4n) is 4.13. The Morgan fingerprint density at radius 2 is 1.71 bits per heavy atom. The van der Waals surface area contributed by atoms with Crippen LogP contribution in [0.1, 0.15) is 23.2 Å². The second-order valence-electron chi connectivity index (χ2n) is 8.40. The summed E-state index contributed by atoms with van der Waals surface area (Å²) >= 11 is 0. The first-order valence-electron chi connectivity index (χ1n) is 11.5. The van der Waals surface area contributed by atoms with Gasteiger partial charge in [-0.05, 0) is 49.2 Å². The molecule has 35 heavy (non-hydrogen) atoms. The van der Waals surface area contributed by atoms with Crippen molar-refractivity contribution in [3.05, 3.63) is 90.5 Å². The number of nitrogens with zero attached hydrogens (tertiary/aromatic N) is 1. The molecule has 4 aromatic rings. The molecule has 0 bridgehead atoms. The largest absolute Gasteiger partial charge is 0.377 e. The maximum absolute atomic E-state index is 13.3. The minimum absolute atomic E-state index is 0.0840. The number of amides is 1. The van der Waals surface area contributed by atoms with E-state index in [2.05, 4.69) is 10.0 Å². The third-order valence-electron chi connectivity index (χ3n) is 5.98. The third-order valence-corrected chi connectivity index (χ3v) is 7.42. The van der Waals surface area contributed by atoms with Crippen LogP contribution in [-0.4, -0.2) is 38.6 Å². The summed E-state index contributed by atoms with van der Waals surface area (Å²) in [4.78, 5) is 18.1. The van der Waals surface area contributed by atoms with Gasteiger partial charge in [-0.25, -0.2) is 18.1 Å². The highest BCUT2D eigenvalue weighted by molar-refractivity contribution is 7.89. The normalized spacial score (nSPS) is 15.8. The van der Waals surface area contributed by atoms with Crippen molar-refractivity contribution in [1.82, 2.24) is 9.71 Å². The highest BCUT2D eigenvalue weighted by Crippen LogP contribution is 2.26. The number of nitrogens with one attached hydrogen (secondary N) is 2. The minimum atomic E-state index is -3.66. The Hall–Kier alpha value is -3.59. The zero-order chi connectivity index (χ0) is 24.3.